The SMILES string of the molecule is CCCC[C@H]1C[C@](C)(c2csc(NCCNc3nc([C@]4(C)C[C@@H](CCCC)C(=O)O4)cs3)n2)OC1=O. The minimum Gasteiger partial charge on any atom is -0.453 e. The number of nitrogens with zero attached hydrogens (tertiary/aromatic N) is 2. The molecule has 0 bridgehead atoms. The van der Waals surface area contributed by atoms with Gasteiger partial charge >= 0.3 is 11.9 Å². The van der Waals surface area contributed by atoms with Crippen LogP contribution in [0.3, 0.4) is 0 Å². The van der Waals surface area contributed by atoms with Crippen LogP contribution in [0.1, 0.15) is 90.4 Å². The smallest absolute Gasteiger partial charge is 0.310 e. The second-order valence-corrected chi connectivity index (χ2v) is 12.0. The Morgan fingerprint density at radius 2 is 1.25 bits per heavy atom. The molecule has 0 saturated carbocycles. The highest BCUT2D eigenvalue weighted by Crippen LogP contribution is 2.43. The van der Waals surface area contributed by atoms with E-state index in [0.717, 1.165) is 60.2 Å². The van der Waals surface area contributed by atoms with Gasteiger partial charge in [0.2, 0.25) is 0 Å². The van der Waals surface area contributed by atoms with E-state index in [-0.39, 0.29) is 23.8 Å². The van der Waals surface area contributed by atoms with Crippen molar-refractivity contribution >= 4 is 44.9 Å². The minimum absolute atomic E-state index is 0.0299. The van der Waals surface area contributed by atoms with Gasteiger partial charge in [0.25, 0.3) is 0 Å². The molecule has 0 unspecified atom stereocenters. The summed E-state index contributed by atoms with van der Waals surface area (Å²) >= 11 is 3.05. The molecular formula is C26H38N4O4S2. The molecule has 4 heterocycles. The van der Waals surface area contributed by atoms with E-state index in [0.29, 0.717) is 25.9 Å². The Hall–Kier alpha value is -2.20. The molecule has 2 aliphatic rings. The normalized spacial score (nSPS) is 27.8. The molecule has 2 aromatic heterocycles. The number of thiazole rings is 2. The molecular weight excluding hydrogens is 496 g/mol. The van der Waals surface area contributed by atoms with Crippen LogP contribution in [0.5, 0.6) is 0 Å². The van der Waals surface area contributed by atoms with E-state index in [1.54, 1.807) is 0 Å². The standard InChI is InChI=1S/C26H38N4O4S2/c1-5-7-9-17-13-25(3,33-21(17)31)19-15-35-23(29-19)27-11-12-28-24-30-20(16-36-24)26(4)14-18(10-8-6-2)22(32)34-26/h15-18H,5-14H2,1-4H3,(H,27,29)(H,28,30)/t17-,18+,25+,26-. The Kier molecular flexibility index (Phi) is 8.55. The molecule has 198 valence electrons. The van der Waals surface area contributed by atoms with Crippen LogP contribution in [-0.2, 0) is 30.3 Å². The maximum atomic E-state index is 12.3. The number of carbonyl (C=O) groups excluding carboxylic acids is 2. The molecule has 0 aromatic carbocycles. The number of unbranched alkanes of at least 4 members (excludes halogenated alkanes) is 2. The average molecular weight is 535 g/mol. The lowest BCUT2D eigenvalue weighted by atomic mass is 9.90. The van der Waals surface area contributed by atoms with Crippen molar-refractivity contribution in [3.63, 3.8) is 0 Å². The van der Waals surface area contributed by atoms with E-state index in [1.165, 1.54) is 22.7 Å². The summed E-state index contributed by atoms with van der Waals surface area (Å²) in [5.74, 6) is -0.258. The van der Waals surface area contributed by atoms with Gasteiger partial charge in [0.15, 0.2) is 21.5 Å². The monoisotopic (exact) mass is 534 g/mol. The van der Waals surface area contributed by atoms with Gasteiger partial charge in [-0.25, -0.2) is 9.97 Å². The lowest BCUT2D eigenvalue weighted by molar-refractivity contribution is -0.151. The van der Waals surface area contributed by atoms with Crippen LogP contribution in [0, 0.1) is 11.8 Å². The lowest BCUT2D eigenvalue weighted by Crippen LogP contribution is -2.22. The number of hydrogen-bond donors (Lipinski definition) is 2. The minimum atomic E-state index is -0.642. The van der Waals surface area contributed by atoms with Gasteiger partial charge in [-0.05, 0) is 26.7 Å². The van der Waals surface area contributed by atoms with Crippen molar-refractivity contribution in [1.29, 1.82) is 0 Å². The average Bonchev–Trinajstić information content (AvgIpc) is 3.62. The van der Waals surface area contributed by atoms with E-state index < -0.39 is 11.2 Å². The first-order chi connectivity index (χ1) is 17.3. The Morgan fingerprint density at radius 3 is 1.64 bits per heavy atom. The number of nitrogens with one attached hydrogen (secondary N) is 2. The van der Waals surface area contributed by atoms with Crippen molar-refractivity contribution in [3.8, 4) is 0 Å². The van der Waals surface area contributed by atoms with Crippen LogP contribution in [0.4, 0.5) is 10.3 Å². The summed E-state index contributed by atoms with van der Waals surface area (Å²) in [4.78, 5) is 34.0. The van der Waals surface area contributed by atoms with Gasteiger partial charge in [0.1, 0.15) is 0 Å². The van der Waals surface area contributed by atoms with Crippen molar-refractivity contribution in [3.05, 3.63) is 22.1 Å². The molecule has 0 aliphatic carbocycles. The lowest BCUT2D eigenvalue weighted by Gasteiger charge is -2.20. The zero-order chi connectivity index (χ0) is 25.8. The largest absolute Gasteiger partial charge is 0.453 e. The topological polar surface area (TPSA) is 102 Å². The second kappa shape index (κ2) is 11.5. The summed E-state index contributed by atoms with van der Waals surface area (Å²) in [6.07, 6.45) is 7.37. The maximum Gasteiger partial charge on any atom is 0.310 e. The number of aromatic nitrogens is 2. The van der Waals surface area contributed by atoms with Gasteiger partial charge in [-0.2, -0.15) is 0 Å². The molecule has 8 nitrogen and oxygen atoms in total. The first-order valence-electron chi connectivity index (χ1n) is 13.1. The first-order valence-corrected chi connectivity index (χ1v) is 14.9. The van der Waals surface area contributed by atoms with Crippen LogP contribution in [-0.4, -0.2) is 35.0 Å². The van der Waals surface area contributed by atoms with Crippen LogP contribution in [0.2, 0.25) is 0 Å². The summed E-state index contributed by atoms with van der Waals surface area (Å²) < 4.78 is 11.5. The molecule has 36 heavy (non-hydrogen) atoms. The van der Waals surface area contributed by atoms with Crippen LogP contribution < -0.4 is 10.6 Å². The summed E-state index contributed by atoms with van der Waals surface area (Å²) in [5, 5.41) is 12.3. The quantitative estimate of drug-likeness (QED) is 0.236. The van der Waals surface area contributed by atoms with Crippen LogP contribution in [0.15, 0.2) is 10.8 Å². The number of anilines is 2. The molecule has 2 N–H and O–H groups in total. The molecule has 0 spiro atoms. The summed E-state index contributed by atoms with van der Waals surface area (Å²) in [5.41, 5.74) is 0.348. The summed E-state index contributed by atoms with van der Waals surface area (Å²) in [6.45, 7) is 9.54. The van der Waals surface area contributed by atoms with Crippen molar-refractivity contribution in [2.24, 2.45) is 11.8 Å². The highest BCUT2D eigenvalue weighted by Gasteiger charge is 2.46. The van der Waals surface area contributed by atoms with E-state index in [4.69, 9.17) is 19.4 Å². The molecule has 2 fully saturated rings. The van der Waals surface area contributed by atoms with Gasteiger partial charge in [-0.3, -0.25) is 9.59 Å². The van der Waals surface area contributed by atoms with Gasteiger partial charge in [-0.15, -0.1) is 22.7 Å². The van der Waals surface area contributed by atoms with Crippen LogP contribution in [0.25, 0.3) is 0 Å². The van der Waals surface area contributed by atoms with Gasteiger partial charge in [-0.1, -0.05) is 39.5 Å². The second-order valence-electron chi connectivity index (χ2n) is 10.3. The number of carbonyl (C=O) groups is 2. The maximum absolute atomic E-state index is 12.3. The Balaban J connectivity index is 1.24. The number of ether oxygens (including phenoxy) is 2. The fourth-order valence-electron chi connectivity index (χ4n) is 4.99. The third-order valence-electron chi connectivity index (χ3n) is 7.17. The number of rotatable bonds is 13. The van der Waals surface area contributed by atoms with Gasteiger partial charge < -0.3 is 20.1 Å². The predicted molar refractivity (Wildman–Crippen MR) is 143 cm³/mol. The summed E-state index contributed by atoms with van der Waals surface area (Å²) in [7, 11) is 0. The van der Waals surface area contributed by atoms with Crippen molar-refractivity contribution in [2.45, 2.75) is 90.3 Å². The molecule has 4 rings (SSSR count). The van der Waals surface area contributed by atoms with Crippen LogP contribution >= 0.6 is 22.7 Å². The number of hydrogen-bond acceptors (Lipinski definition) is 10. The third kappa shape index (κ3) is 6.02. The van der Waals surface area contributed by atoms with Gasteiger partial charge in [0, 0.05) is 36.7 Å². The fourth-order valence-corrected chi connectivity index (χ4v) is 6.71. The van der Waals surface area contributed by atoms with Crippen molar-refractivity contribution < 1.29 is 19.1 Å². The highest BCUT2D eigenvalue weighted by atomic mass is 32.1. The van der Waals surface area contributed by atoms with E-state index >= 15 is 0 Å². The zero-order valence-electron chi connectivity index (χ0n) is 21.7. The zero-order valence-corrected chi connectivity index (χ0v) is 23.4. The molecule has 4 atom stereocenters. The number of cyclic esters (lactones) is 2. The summed E-state index contributed by atoms with van der Waals surface area (Å²) in [6, 6.07) is 0. The predicted octanol–water partition coefficient (Wildman–Crippen LogP) is 6.06. The van der Waals surface area contributed by atoms with E-state index in [2.05, 4.69) is 24.5 Å². The highest BCUT2D eigenvalue weighted by molar-refractivity contribution is 7.14. The molecule has 2 aromatic rings. The van der Waals surface area contributed by atoms with E-state index in [1.807, 2.05) is 24.6 Å². The van der Waals surface area contributed by atoms with E-state index in [9.17, 15) is 9.59 Å². The Labute approximate surface area is 221 Å². The van der Waals surface area contributed by atoms with Crippen molar-refractivity contribution in [2.75, 3.05) is 23.7 Å². The fraction of sp³-hybridized carbons (Fsp3) is 0.692. The molecule has 0 radical (unpaired) electrons. The Morgan fingerprint density at radius 1 is 0.833 bits per heavy atom. The van der Waals surface area contributed by atoms with Gasteiger partial charge in [0.05, 0.1) is 23.2 Å². The van der Waals surface area contributed by atoms with Crippen molar-refractivity contribution in [1.82, 2.24) is 9.97 Å². The Bertz CT molecular complexity index is 974. The molecule has 2 aliphatic heterocycles. The third-order valence-corrected chi connectivity index (χ3v) is 8.77. The number of esters is 2. The molecule has 0 amide bonds. The first kappa shape index (κ1) is 26.9. The molecule has 2 saturated heterocycles. The molecule has 10 heteroatoms.